The predicted molar refractivity (Wildman–Crippen MR) is 111 cm³/mol. The van der Waals surface area contributed by atoms with Crippen LogP contribution in [-0.4, -0.2) is 47.6 Å². The third-order valence-electron chi connectivity index (χ3n) is 5.51. The maximum absolute atomic E-state index is 12.2. The Bertz CT molecular complexity index is 953. The monoisotopic (exact) mass is 421 g/mol. The maximum atomic E-state index is 12.2. The fraction of sp³-hybridized carbons (Fsp3) is 0.550. The van der Waals surface area contributed by atoms with Crippen molar-refractivity contribution in [3.63, 3.8) is 0 Å². The number of benzene rings is 1. The molecule has 6 nitrogen and oxygen atoms in total. The standard InChI is InChI=1S/C20H27N3O3S2/c1-14-12-26-19-7-4-16(9-23(18-5-6-18)28(3,24)25)8-17(19)10-22(14)11-20-15(2)21-13-27-20/h4,7-8,13-14,18H,5-6,9-12H2,1-3H3/t14-/m0/s1. The van der Waals surface area contributed by atoms with Gasteiger partial charge in [-0.3, -0.25) is 4.90 Å². The molecule has 1 saturated carbocycles. The summed E-state index contributed by atoms with van der Waals surface area (Å²) in [7, 11) is -3.20. The minimum absolute atomic E-state index is 0.163. The van der Waals surface area contributed by atoms with Gasteiger partial charge in [0.2, 0.25) is 10.0 Å². The fourth-order valence-electron chi connectivity index (χ4n) is 3.62. The number of nitrogens with zero attached hydrogens (tertiary/aromatic N) is 3. The molecule has 2 heterocycles. The van der Waals surface area contributed by atoms with Gasteiger partial charge in [0.05, 0.1) is 17.5 Å². The van der Waals surface area contributed by atoms with Gasteiger partial charge >= 0.3 is 0 Å². The van der Waals surface area contributed by atoms with E-state index in [2.05, 4.69) is 29.8 Å². The van der Waals surface area contributed by atoms with E-state index in [0.29, 0.717) is 13.2 Å². The highest BCUT2D eigenvalue weighted by atomic mass is 32.2. The first-order valence-corrected chi connectivity index (χ1v) is 12.4. The zero-order chi connectivity index (χ0) is 19.9. The van der Waals surface area contributed by atoms with E-state index in [1.54, 1.807) is 15.6 Å². The molecule has 0 saturated heterocycles. The largest absolute Gasteiger partial charge is 0.492 e. The summed E-state index contributed by atoms with van der Waals surface area (Å²) in [5, 5.41) is 0. The molecule has 1 atom stereocenters. The van der Waals surface area contributed by atoms with Gasteiger partial charge in [-0.2, -0.15) is 4.31 Å². The van der Waals surface area contributed by atoms with Crippen LogP contribution in [0.4, 0.5) is 0 Å². The lowest BCUT2D eigenvalue weighted by atomic mass is 10.1. The van der Waals surface area contributed by atoms with Crippen LogP contribution in [-0.2, 0) is 29.7 Å². The molecule has 1 aliphatic heterocycles. The Morgan fingerprint density at radius 3 is 2.79 bits per heavy atom. The van der Waals surface area contributed by atoms with Crippen molar-refractivity contribution >= 4 is 21.4 Å². The second-order valence-corrected chi connectivity index (χ2v) is 10.8. The molecule has 0 amide bonds. The van der Waals surface area contributed by atoms with E-state index in [0.717, 1.165) is 48.5 Å². The third kappa shape index (κ3) is 4.40. The van der Waals surface area contributed by atoms with Gasteiger partial charge in [-0.15, -0.1) is 11.3 Å². The number of rotatable bonds is 6. The van der Waals surface area contributed by atoms with Crippen LogP contribution in [0.1, 0.15) is 41.5 Å². The first-order valence-electron chi connectivity index (χ1n) is 9.65. The molecule has 0 spiro atoms. The molecule has 4 rings (SSSR count). The molecule has 1 fully saturated rings. The first kappa shape index (κ1) is 19.8. The van der Waals surface area contributed by atoms with E-state index in [-0.39, 0.29) is 12.1 Å². The quantitative estimate of drug-likeness (QED) is 0.717. The van der Waals surface area contributed by atoms with E-state index in [1.807, 2.05) is 17.6 Å². The average Bonchev–Trinajstić information content (AvgIpc) is 3.41. The Morgan fingerprint density at radius 1 is 1.36 bits per heavy atom. The van der Waals surface area contributed by atoms with Crippen LogP contribution in [0.15, 0.2) is 23.7 Å². The summed E-state index contributed by atoms with van der Waals surface area (Å²) >= 11 is 1.69. The highest BCUT2D eigenvalue weighted by Crippen LogP contribution is 2.32. The van der Waals surface area contributed by atoms with Crippen LogP contribution in [0.2, 0.25) is 0 Å². The molecule has 1 aromatic heterocycles. The Balaban J connectivity index is 1.56. The number of aromatic nitrogens is 1. The van der Waals surface area contributed by atoms with Crippen molar-refractivity contribution < 1.29 is 13.2 Å². The summed E-state index contributed by atoms with van der Waals surface area (Å²) in [6.07, 6.45) is 3.22. The third-order valence-corrected chi connectivity index (χ3v) is 7.71. The van der Waals surface area contributed by atoms with Gasteiger partial charge in [0.1, 0.15) is 12.4 Å². The van der Waals surface area contributed by atoms with Gasteiger partial charge in [0, 0.05) is 42.2 Å². The van der Waals surface area contributed by atoms with Crippen molar-refractivity contribution in [3.05, 3.63) is 45.4 Å². The molecule has 1 aromatic carbocycles. The summed E-state index contributed by atoms with van der Waals surface area (Å²) in [4.78, 5) is 8.05. The lowest BCUT2D eigenvalue weighted by Gasteiger charge is -2.25. The van der Waals surface area contributed by atoms with Gasteiger partial charge in [0.15, 0.2) is 0 Å². The lowest BCUT2D eigenvalue weighted by Crippen LogP contribution is -2.34. The summed E-state index contributed by atoms with van der Waals surface area (Å²) in [6, 6.07) is 6.55. The highest BCUT2D eigenvalue weighted by Gasteiger charge is 2.35. The average molecular weight is 422 g/mol. The number of sulfonamides is 1. The van der Waals surface area contributed by atoms with Gasteiger partial charge in [-0.05, 0) is 44.4 Å². The molecule has 0 N–H and O–H groups in total. The number of ether oxygens (including phenoxy) is 1. The topological polar surface area (TPSA) is 62.7 Å². The van der Waals surface area contributed by atoms with Crippen molar-refractivity contribution in [3.8, 4) is 5.75 Å². The van der Waals surface area contributed by atoms with E-state index < -0.39 is 10.0 Å². The minimum atomic E-state index is -3.20. The van der Waals surface area contributed by atoms with Crippen LogP contribution < -0.4 is 4.74 Å². The zero-order valence-corrected chi connectivity index (χ0v) is 18.2. The molecule has 0 unspecified atom stereocenters. The number of fused-ring (bicyclic) bond motifs is 1. The van der Waals surface area contributed by atoms with Crippen LogP contribution >= 0.6 is 11.3 Å². The van der Waals surface area contributed by atoms with E-state index >= 15 is 0 Å². The van der Waals surface area contributed by atoms with Crippen LogP contribution in [0.3, 0.4) is 0 Å². The Kier molecular flexibility index (Phi) is 5.48. The second kappa shape index (κ2) is 7.74. The van der Waals surface area contributed by atoms with Gasteiger partial charge in [0.25, 0.3) is 0 Å². The number of thiazole rings is 1. The molecule has 0 bridgehead atoms. The molecule has 1 aliphatic carbocycles. The van der Waals surface area contributed by atoms with Crippen molar-refractivity contribution in [2.45, 2.75) is 58.4 Å². The van der Waals surface area contributed by atoms with Gasteiger partial charge in [-0.1, -0.05) is 6.07 Å². The molecular formula is C20H27N3O3S2. The summed E-state index contributed by atoms with van der Waals surface area (Å²) in [6.45, 7) is 6.93. The summed E-state index contributed by atoms with van der Waals surface area (Å²) in [5.74, 6) is 0.899. The molecule has 0 radical (unpaired) electrons. The maximum Gasteiger partial charge on any atom is 0.211 e. The van der Waals surface area contributed by atoms with E-state index in [1.165, 1.54) is 11.1 Å². The van der Waals surface area contributed by atoms with Gasteiger partial charge < -0.3 is 4.74 Å². The molecular weight excluding hydrogens is 394 g/mol. The number of aryl methyl sites for hydroxylation is 1. The van der Waals surface area contributed by atoms with Crippen LogP contribution in [0.5, 0.6) is 5.75 Å². The molecule has 28 heavy (non-hydrogen) atoms. The van der Waals surface area contributed by atoms with E-state index in [4.69, 9.17) is 4.74 Å². The zero-order valence-electron chi connectivity index (χ0n) is 16.6. The smallest absolute Gasteiger partial charge is 0.211 e. The molecule has 8 heteroatoms. The minimum Gasteiger partial charge on any atom is -0.492 e. The summed E-state index contributed by atoms with van der Waals surface area (Å²) in [5.41, 5.74) is 5.12. The number of hydrogen-bond donors (Lipinski definition) is 0. The normalized spacial score (nSPS) is 20.6. The van der Waals surface area contributed by atoms with Crippen molar-refractivity contribution in [2.24, 2.45) is 0 Å². The molecule has 152 valence electrons. The molecule has 2 aliphatic rings. The predicted octanol–water partition coefficient (Wildman–Crippen LogP) is 3.16. The van der Waals surface area contributed by atoms with Crippen LogP contribution in [0, 0.1) is 6.92 Å². The summed E-state index contributed by atoms with van der Waals surface area (Å²) < 4.78 is 32.0. The lowest BCUT2D eigenvalue weighted by molar-refractivity contribution is 0.152. The van der Waals surface area contributed by atoms with Crippen molar-refractivity contribution in [1.29, 1.82) is 0 Å². The van der Waals surface area contributed by atoms with Gasteiger partial charge in [-0.25, -0.2) is 13.4 Å². The van der Waals surface area contributed by atoms with E-state index in [9.17, 15) is 8.42 Å². The SMILES string of the molecule is Cc1ncsc1CN1Cc2cc(CN(C3CC3)S(C)(=O)=O)ccc2OC[C@@H]1C. The Hall–Kier alpha value is -1.48. The molecule has 2 aromatic rings. The fourth-order valence-corrected chi connectivity index (χ4v) is 5.56. The Morgan fingerprint density at radius 2 is 2.14 bits per heavy atom. The Labute approximate surface area is 171 Å². The van der Waals surface area contributed by atoms with Crippen molar-refractivity contribution in [2.75, 3.05) is 12.9 Å². The van der Waals surface area contributed by atoms with Crippen molar-refractivity contribution in [1.82, 2.24) is 14.2 Å². The number of hydrogen-bond acceptors (Lipinski definition) is 6. The second-order valence-electron chi connectivity index (χ2n) is 7.91. The highest BCUT2D eigenvalue weighted by molar-refractivity contribution is 7.88. The van der Waals surface area contributed by atoms with Crippen LogP contribution in [0.25, 0.3) is 0 Å². The first-order chi connectivity index (χ1) is 13.3.